The Morgan fingerprint density at radius 2 is 1.70 bits per heavy atom. The first-order chi connectivity index (χ1) is 15.6. The zero-order valence-electron chi connectivity index (χ0n) is 17.9. The monoisotopic (exact) mass is 499 g/mol. The molecule has 0 unspecified atom stereocenters. The van der Waals surface area contributed by atoms with Gasteiger partial charge in [-0.3, -0.25) is 14.8 Å². The summed E-state index contributed by atoms with van der Waals surface area (Å²) in [4.78, 5) is 12.2. The Morgan fingerprint density at radius 1 is 1.00 bits per heavy atom. The van der Waals surface area contributed by atoms with Crippen molar-refractivity contribution in [3.8, 4) is 0 Å². The standard InChI is InChI=1S/C24H22ClN3O3S2/c1-16-7-13-22(17(2)15-16)28-33(30,31)20-11-9-19(10-12-20)26-24(32)27-23(29)14-8-18-5-3-4-6-21(18)25/h3-15,28H,1-2H3,(H2,26,27,29,32). The number of carbonyl (C=O) groups excluding carboxylic acids is 1. The minimum Gasteiger partial charge on any atom is -0.332 e. The number of carbonyl (C=O) groups is 1. The molecular weight excluding hydrogens is 478 g/mol. The van der Waals surface area contributed by atoms with E-state index in [-0.39, 0.29) is 10.0 Å². The highest BCUT2D eigenvalue weighted by atomic mass is 35.5. The molecule has 33 heavy (non-hydrogen) atoms. The van der Waals surface area contributed by atoms with E-state index in [1.165, 1.54) is 18.2 Å². The first-order valence-corrected chi connectivity index (χ1v) is 12.2. The fourth-order valence-corrected chi connectivity index (χ4v) is 4.49. The number of benzene rings is 3. The van der Waals surface area contributed by atoms with E-state index in [0.29, 0.717) is 22.0 Å². The predicted octanol–water partition coefficient (Wildman–Crippen LogP) is 5.28. The van der Waals surface area contributed by atoms with Gasteiger partial charge in [0.25, 0.3) is 10.0 Å². The van der Waals surface area contributed by atoms with Gasteiger partial charge in [-0.1, -0.05) is 47.5 Å². The van der Waals surface area contributed by atoms with Crippen LogP contribution in [0.3, 0.4) is 0 Å². The molecule has 0 radical (unpaired) electrons. The number of sulfonamides is 1. The van der Waals surface area contributed by atoms with Crippen molar-refractivity contribution in [3.05, 3.63) is 94.5 Å². The molecule has 0 saturated carbocycles. The molecule has 6 nitrogen and oxygen atoms in total. The van der Waals surface area contributed by atoms with Gasteiger partial charge < -0.3 is 5.32 Å². The summed E-state index contributed by atoms with van der Waals surface area (Å²) in [7, 11) is -3.75. The Hall–Kier alpha value is -3.20. The summed E-state index contributed by atoms with van der Waals surface area (Å²) < 4.78 is 28.0. The Bertz CT molecular complexity index is 1320. The first-order valence-electron chi connectivity index (χ1n) is 9.89. The van der Waals surface area contributed by atoms with Gasteiger partial charge >= 0.3 is 0 Å². The molecule has 3 rings (SSSR count). The first kappa shape index (κ1) is 24.4. The van der Waals surface area contributed by atoms with Crippen molar-refractivity contribution in [2.45, 2.75) is 18.7 Å². The third-order valence-electron chi connectivity index (χ3n) is 4.60. The van der Waals surface area contributed by atoms with E-state index in [1.807, 2.05) is 32.0 Å². The molecule has 1 amide bonds. The van der Waals surface area contributed by atoms with Crippen LogP contribution in [0.1, 0.15) is 16.7 Å². The molecule has 0 atom stereocenters. The average molecular weight is 500 g/mol. The molecule has 3 N–H and O–H groups in total. The molecule has 0 spiro atoms. The van der Waals surface area contributed by atoms with E-state index in [4.69, 9.17) is 23.8 Å². The van der Waals surface area contributed by atoms with Gasteiger partial charge in [0.2, 0.25) is 5.91 Å². The molecule has 0 aliphatic carbocycles. The largest absolute Gasteiger partial charge is 0.332 e. The van der Waals surface area contributed by atoms with Crippen LogP contribution >= 0.6 is 23.8 Å². The number of aryl methyl sites for hydroxylation is 2. The minimum atomic E-state index is -3.75. The molecule has 0 aliphatic rings. The van der Waals surface area contributed by atoms with Crippen molar-refractivity contribution in [2.24, 2.45) is 0 Å². The molecule has 170 valence electrons. The van der Waals surface area contributed by atoms with Crippen LogP contribution in [0, 0.1) is 13.8 Å². The molecule has 0 aliphatic heterocycles. The zero-order chi connectivity index (χ0) is 24.0. The molecule has 9 heteroatoms. The summed E-state index contributed by atoms with van der Waals surface area (Å²) in [6.45, 7) is 3.79. The number of anilines is 2. The van der Waals surface area contributed by atoms with Gasteiger partial charge in [0, 0.05) is 16.8 Å². The lowest BCUT2D eigenvalue weighted by Crippen LogP contribution is -2.32. The molecule has 3 aromatic carbocycles. The maximum absolute atomic E-state index is 12.7. The van der Waals surface area contributed by atoms with Crippen LogP contribution < -0.4 is 15.4 Å². The molecule has 0 bridgehead atoms. The minimum absolute atomic E-state index is 0.0767. The maximum Gasteiger partial charge on any atom is 0.261 e. The van der Waals surface area contributed by atoms with Gasteiger partial charge in [-0.2, -0.15) is 0 Å². The molecular formula is C24H22ClN3O3S2. The van der Waals surface area contributed by atoms with Crippen LogP contribution in [0.2, 0.25) is 5.02 Å². The van der Waals surface area contributed by atoms with Crippen molar-refractivity contribution < 1.29 is 13.2 Å². The second-order valence-corrected chi connectivity index (χ2v) is 9.74. The average Bonchev–Trinajstić information content (AvgIpc) is 2.75. The van der Waals surface area contributed by atoms with Crippen molar-refractivity contribution in [3.63, 3.8) is 0 Å². The number of halogens is 1. The van der Waals surface area contributed by atoms with Gasteiger partial charge in [-0.15, -0.1) is 0 Å². The lowest BCUT2D eigenvalue weighted by atomic mass is 10.1. The van der Waals surface area contributed by atoms with Crippen molar-refractivity contribution in [1.29, 1.82) is 0 Å². The Labute approximate surface area is 203 Å². The highest BCUT2D eigenvalue weighted by Gasteiger charge is 2.15. The third kappa shape index (κ3) is 6.89. The van der Waals surface area contributed by atoms with E-state index < -0.39 is 15.9 Å². The number of hydrogen-bond donors (Lipinski definition) is 3. The number of rotatable bonds is 6. The van der Waals surface area contributed by atoms with Gasteiger partial charge in [0.05, 0.1) is 10.6 Å². The van der Waals surface area contributed by atoms with E-state index >= 15 is 0 Å². The summed E-state index contributed by atoms with van der Waals surface area (Å²) in [6, 6.07) is 18.7. The fraction of sp³-hybridized carbons (Fsp3) is 0.0833. The van der Waals surface area contributed by atoms with Gasteiger partial charge in [0.15, 0.2) is 5.11 Å². The second kappa shape index (κ2) is 10.6. The number of thiocarbonyl (C=S) groups is 1. The molecule has 0 heterocycles. The summed E-state index contributed by atoms with van der Waals surface area (Å²) in [5.74, 6) is -0.427. The normalized spacial score (nSPS) is 11.2. The lowest BCUT2D eigenvalue weighted by molar-refractivity contribution is -0.115. The maximum atomic E-state index is 12.7. The van der Waals surface area contributed by atoms with E-state index in [2.05, 4.69) is 15.4 Å². The van der Waals surface area contributed by atoms with Crippen LogP contribution in [0.5, 0.6) is 0 Å². The third-order valence-corrected chi connectivity index (χ3v) is 6.53. The van der Waals surface area contributed by atoms with Crippen LogP contribution in [0.4, 0.5) is 11.4 Å². The Balaban J connectivity index is 1.60. The Kier molecular flexibility index (Phi) is 7.86. The van der Waals surface area contributed by atoms with Crippen molar-refractivity contribution in [2.75, 3.05) is 10.0 Å². The Morgan fingerprint density at radius 3 is 2.36 bits per heavy atom. The van der Waals surface area contributed by atoms with Gasteiger partial charge in [0.1, 0.15) is 0 Å². The van der Waals surface area contributed by atoms with Crippen molar-refractivity contribution >= 4 is 62.3 Å². The van der Waals surface area contributed by atoms with Crippen LogP contribution in [-0.4, -0.2) is 19.4 Å². The van der Waals surface area contributed by atoms with Crippen LogP contribution in [0.25, 0.3) is 6.08 Å². The highest BCUT2D eigenvalue weighted by Crippen LogP contribution is 2.22. The molecule has 0 aromatic heterocycles. The predicted molar refractivity (Wildman–Crippen MR) is 138 cm³/mol. The highest BCUT2D eigenvalue weighted by molar-refractivity contribution is 7.92. The van der Waals surface area contributed by atoms with Gasteiger partial charge in [-0.05, 0) is 79.7 Å². The summed E-state index contributed by atoms with van der Waals surface area (Å²) >= 11 is 11.2. The quantitative estimate of drug-likeness (QED) is 0.317. The number of hydrogen-bond acceptors (Lipinski definition) is 4. The van der Waals surface area contributed by atoms with Crippen molar-refractivity contribution in [1.82, 2.24) is 5.32 Å². The zero-order valence-corrected chi connectivity index (χ0v) is 20.3. The van der Waals surface area contributed by atoms with Gasteiger partial charge in [-0.25, -0.2) is 8.42 Å². The topological polar surface area (TPSA) is 87.3 Å². The summed E-state index contributed by atoms with van der Waals surface area (Å²) in [6.07, 6.45) is 2.91. The SMILES string of the molecule is Cc1ccc(NS(=O)(=O)c2ccc(NC(=S)NC(=O)C=Cc3ccccc3Cl)cc2)c(C)c1. The number of amides is 1. The van der Waals surface area contributed by atoms with Crippen LogP contribution in [-0.2, 0) is 14.8 Å². The number of nitrogens with one attached hydrogen (secondary N) is 3. The van der Waals surface area contributed by atoms with Crippen LogP contribution in [0.15, 0.2) is 77.7 Å². The fourth-order valence-electron chi connectivity index (χ4n) is 2.94. The molecule has 0 saturated heterocycles. The van der Waals surface area contributed by atoms with E-state index in [9.17, 15) is 13.2 Å². The smallest absolute Gasteiger partial charge is 0.261 e. The second-order valence-electron chi connectivity index (χ2n) is 7.25. The van der Waals surface area contributed by atoms with E-state index in [1.54, 1.807) is 42.5 Å². The molecule has 0 fully saturated rings. The molecule has 3 aromatic rings. The summed E-state index contributed by atoms with van der Waals surface area (Å²) in [5.41, 5.74) is 3.65. The van der Waals surface area contributed by atoms with E-state index in [0.717, 1.165) is 11.1 Å². The summed E-state index contributed by atoms with van der Waals surface area (Å²) in [5, 5.41) is 5.99. The lowest BCUT2D eigenvalue weighted by Gasteiger charge is -2.12.